The molecule has 0 atom stereocenters. The Kier molecular flexibility index (Phi) is 4.43. The van der Waals surface area contributed by atoms with Crippen LogP contribution < -0.4 is 5.32 Å². The number of imide groups is 1. The minimum absolute atomic E-state index is 0.0115. The molecule has 0 saturated carbocycles. The molecule has 118 valence electrons. The van der Waals surface area contributed by atoms with Crippen LogP contribution in [0.5, 0.6) is 0 Å². The second-order valence-electron chi connectivity index (χ2n) is 6.11. The number of carbonyl (C=O) groups is 2. The first kappa shape index (κ1) is 15.4. The van der Waals surface area contributed by atoms with Crippen molar-refractivity contribution >= 4 is 23.7 Å². The molecule has 22 heavy (non-hydrogen) atoms. The zero-order valence-electron chi connectivity index (χ0n) is 12.9. The van der Waals surface area contributed by atoms with Crippen molar-refractivity contribution in [3.05, 3.63) is 35.4 Å². The summed E-state index contributed by atoms with van der Waals surface area (Å²) in [6.07, 6.45) is 3.23. The number of carbonyl (C=O) groups excluding carboxylic acids is 2. The van der Waals surface area contributed by atoms with Crippen molar-refractivity contribution in [1.82, 2.24) is 10.2 Å². The van der Waals surface area contributed by atoms with Crippen molar-refractivity contribution in [3.8, 4) is 0 Å². The van der Waals surface area contributed by atoms with Crippen LogP contribution in [0, 0.1) is 6.92 Å². The van der Waals surface area contributed by atoms with E-state index in [1.54, 1.807) is 0 Å². The Hall–Kier alpha value is -1.49. The Morgan fingerprint density at radius 2 is 1.95 bits per heavy atom. The van der Waals surface area contributed by atoms with Gasteiger partial charge in [-0.25, -0.2) is 4.79 Å². The van der Waals surface area contributed by atoms with E-state index in [4.69, 9.17) is 0 Å². The highest BCUT2D eigenvalue weighted by molar-refractivity contribution is 7.99. The van der Waals surface area contributed by atoms with Crippen LogP contribution in [-0.4, -0.2) is 40.4 Å². The molecule has 0 aromatic heterocycles. The van der Waals surface area contributed by atoms with Crippen LogP contribution in [0.1, 0.15) is 30.4 Å². The van der Waals surface area contributed by atoms with Gasteiger partial charge in [-0.05, 0) is 55.2 Å². The Balaban J connectivity index is 1.60. The van der Waals surface area contributed by atoms with Crippen molar-refractivity contribution in [1.29, 1.82) is 0 Å². The highest BCUT2D eigenvalue weighted by Crippen LogP contribution is 2.32. The first-order valence-corrected chi connectivity index (χ1v) is 9.04. The van der Waals surface area contributed by atoms with Gasteiger partial charge in [0.15, 0.2) is 0 Å². The van der Waals surface area contributed by atoms with Gasteiger partial charge in [0.25, 0.3) is 5.91 Å². The Morgan fingerprint density at radius 3 is 2.68 bits per heavy atom. The third-order valence-electron chi connectivity index (χ3n) is 4.68. The third-order valence-corrected chi connectivity index (χ3v) is 5.67. The van der Waals surface area contributed by atoms with Crippen LogP contribution >= 0.6 is 11.8 Å². The number of hydrogen-bond donors (Lipinski definition) is 1. The maximum absolute atomic E-state index is 12.6. The first-order chi connectivity index (χ1) is 10.6. The number of aryl methyl sites for hydroxylation is 2. The summed E-state index contributed by atoms with van der Waals surface area (Å²) in [6.45, 7) is 2.60. The van der Waals surface area contributed by atoms with Gasteiger partial charge >= 0.3 is 6.03 Å². The highest BCUT2D eigenvalue weighted by atomic mass is 32.2. The van der Waals surface area contributed by atoms with Crippen LogP contribution in [0.25, 0.3) is 0 Å². The van der Waals surface area contributed by atoms with E-state index in [2.05, 4.69) is 24.4 Å². The topological polar surface area (TPSA) is 49.4 Å². The lowest BCUT2D eigenvalue weighted by atomic mass is 9.92. The second kappa shape index (κ2) is 6.32. The number of nitrogens with zero attached hydrogens (tertiary/aromatic N) is 1. The van der Waals surface area contributed by atoms with E-state index < -0.39 is 5.54 Å². The molecule has 0 bridgehead atoms. The number of amides is 3. The van der Waals surface area contributed by atoms with Crippen LogP contribution in [-0.2, 0) is 11.2 Å². The van der Waals surface area contributed by atoms with E-state index in [1.165, 1.54) is 16.0 Å². The number of hydrogen-bond acceptors (Lipinski definition) is 3. The van der Waals surface area contributed by atoms with Crippen molar-refractivity contribution in [2.75, 3.05) is 18.1 Å². The Labute approximate surface area is 135 Å². The Bertz CT molecular complexity index is 582. The van der Waals surface area contributed by atoms with Crippen molar-refractivity contribution < 1.29 is 9.59 Å². The van der Waals surface area contributed by atoms with Crippen molar-refractivity contribution in [2.24, 2.45) is 0 Å². The summed E-state index contributed by atoms with van der Waals surface area (Å²) in [5, 5.41) is 2.95. The molecule has 5 heteroatoms. The van der Waals surface area contributed by atoms with Gasteiger partial charge in [-0.2, -0.15) is 11.8 Å². The standard InChI is InChI=1S/C17H22N2O2S/c1-13-5-2-3-6-14(13)7-4-10-19-15(20)17(18-16(19)21)8-11-22-12-9-17/h2-3,5-6H,4,7-12H2,1H3,(H,18,21). The van der Waals surface area contributed by atoms with Crippen molar-refractivity contribution in [2.45, 2.75) is 38.1 Å². The van der Waals surface area contributed by atoms with Crippen LogP contribution in [0.15, 0.2) is 24.3 Å². The predicted molar refractivity (Wildman–Crippen MR) is 89.0 cm³/mol. The van der Waals surface area contributed by atoms with E-state index in [0.29, 0.717) is 6.54 Å². The summed E-state index contributed by atoms with van der Waals surface area (Å²) in [6, 6.07) is 8.06. The summed E-state index contributed by atoms with van der Waals surface area (Å²) in [5.74, 6) is 1.88. The summed E-state index contributed by atoms with van der Waals surface area (Å²) in [5.41, 5.74) is 1.95. The Morgan fingerprint density at radius 1 is 1.23 bits per heavy atom. The van der Waals surface area contributed by atoms with Gasteiger partial charge in [0.2, 0.25) is 0 Å². The van der Waals surface area contributed by atoms with Gasteiger partial charge in [0.05, 0.1) is 0 Å². The average molecular weight is 318 g/mol. The molecule has 2 saturated heterocycles. The minimum atomic E-state index is -0.606. The molecule has 2 aliphatic heterocycles. The SMILES string of the molecule is Cc1ccccc1CCCN1C(=O)NC2(CCSCC2)C1=O. The molecule has 3 amide bonds. The van der Waals surface area contributed by atoms with E-state index in [0.717, 1.165) is 37.2 Å². The fourth-order valence-electron chi connectivity index (χ4n) is 3.26. The predicted octanol–water partition coefficient (Wildman–Crippen LogP) is 2.75. The molecule has 3 rings (SSSR count). The van der Waals surface area contributed by atoms with Gasteiger partial charge in [0, 0.05) is 6.54 Å². The molecule has 1 spiro atoms. The molecule has 2 aliphatic rings. The van der Waals surface area contributed by atoms with Gasteiger partial charge in [-0.1, -0.05) is 24.3 Å². The summed E-state index contributed by atoms with van der Waals surface area (Å²) in [7, 11) is 0. The second-order valence-corrected chi connectivity index (χ2v) is 7.34. The molecule has 2 heterocycles. The summed E-state index contributed by atoms with van der Waals surface area (Å²) >= 11 is 1.85. The van der Waals surface area contributed by atoms with Crippen LogP contribution in [0.4, 0.5) is 4.79 Å². The normalized spacial score (nSPS) is 20.5. The van der Waals surface area contributed by atoms with Gasteiger partial charge in [-0.3, -0.25) is 9.69 Å². The first-order valence-electron chi connectivity index (χ1n) is 7.89. The van der Waals surface area contributed by atoms with Gasteiger partial charge < -0.3 is 5.32 Å². The molecule has 1 aromatic rings. The van der Waals surface area contributed by atoms with E-state index >= 15 is 0 Å². The molecular weight excluding hydrogens is 296 g/mol. The number of urea groups is 1. The minimum Gasteiger partial charge on any atom is -0.323 e. The lowest BCUT2D eigenvalue weighted by molar-refractivity contribution is -0.131. The maximum Gasteiger partial charge on any atom is 0.325 e. The van der Waals surface area contributed by atoms with Gasteiger partial charge in [0.1, 0.15) is 5.54 Å². The lowest BCUT2D eigenvalue weighted by Gasteiger charge is -2.30. The fourth-order valence-corrected chi connectivity index (χ4v) is 4.45. The van der Waals surface area contributed by atoms with E-state index in [9.17, 15) is 9.59 Å². The zero-order valence-corrected chi connectivity index (χ0v) is 13.7. The molecule has 0 unspecified atom stereocenters. The maximum atomic E-state index is 12.6. The van der Waals surface area contributed by atoms with Crippen molar-refractivity contribution in [3.63, 3.8) is 0 Å². The number of nitrogens with one attached hydrogen (secondary N) is 1. The molecular formula is C17H22N2O2S. The monoisotopic (exact) mass is 318 g/mol. The number of benzene rings is 1. The average Bonchev–Trinajstić information content (AvgIpc) is 2.74. The van der Waals surface area contributed by atoms with Crippen LogP contribution in [0.2, 0.25) is 0 Å². The van der Waals surface area contributed by atoms with E-state index in [1.807, 2.05) is 23.9 Å². The quantitative estimate of drug-likeness (QED) is 0.869. The molecule has 0 radical (unpaired) electrons. The lowest BCUT2D eigenvalue weighted by Crippen LogP contribution is -2.49. The largest absolute Gasteiger partial charge is 0.325 e. The zero-order chi connectivity index (χ0) is 15.6. The summed E-state index contributed by atoms with van der Waals surface area (Å²) in [4.78, 5) is 26.2. The number of thioether (sulfide) groups is 1. The van der Waals surface area contributed by atoms with E-state index in [-0.39, 0.29) is 11.9 Å². The van der Waals surface area contributed by atoms with Gasteiger partial charge in [-0.15, -0.1) is 0 Å². The molecule has 0 aliphatic carbocycles. The fraction of sp³-hybridized carbons (Fsp3) is 0.529. The van der Waals surface area contributed by atoms with Crippen LogP contribution in [0.3, 0.4) is 0 Å². The molecule has 4 nitrogen and oxygen atoms in total. The highest BCUT2D eigenvalue weighted by Gasteiger charge is 2.51. The smallest absolute Gasteiger partial charge is 0.323 e. The molecule has 1 aromatic carbocycles. The third kappa shape index (κ3) is 2.86. The number of rotatable bonds is 4. The summed E-state index contributed by atoms with van der Waals surface area (Å²) < 4.78 is 0. The molecule has 2 fully saturated rings. The molecule has 1 N–H and O–H groups in total.